The maximum absolute atomic E-state index is 11.9. The molecule has 162 valence electrons. The van der Waals surface area contributed by atoms with Crippen LogP contribution in [0.2, 0.25) is 0 Å². The Morgan fingerprint density at radius 2 is 1.71 bits per heavy atom. The van der Waals surface area contributed by atoms with Crippen molar-refractivity contribution in [3.8, 4) is 0 Å². The Bertz CT molecular complexity index is 948. The number of benzene rings is 2. The first kappa shape index (κ1) is 22.0. The van der Waals surface area contributed by atoms with Crippen LogP contribution in [-0.4, -0.2) is 36.5 Å². The van der Waals surface area contributed by atoms with Crippen LogP contribution in [0.5, 0.6) is 0 Å². The third kappa shape index (κ3) is 6.67. The lowest BCUT2D eigenvalue weighted by molar-refractivity contribution is -0.383. The van der Waals surface area contributed by atoms with Gasteiger partial charge in [0.2, 0.25) is 0 Å². The molecule has 1 aliphatic rings. The van der Waals surface area contributed by atoms with E-state index in [1.807, 2.05) is 24.3 Å². The zero-order valence-corrected chi connectivity index (χ0v) is 17.2. The fraction of sp³-hybridized carbons (Fsp3) is 0.304. The van der Waals surface area contributed by atoms with Crippen molar-refractivity contribution in [2.75, 3.05) is 29.9 Å². The minimum absolute atomic E-state index is 0.0496. The summed E-state index contributed by atoms with van der Waals surface area (Å²) in [4.78, 5) is 36.6. The fourth-order valence-electron chi connectivity index (χ4n) is 3.40. The fourth-order valence-corrected chi connectivity index (χ4v) is 3.40. The zero-order valence-electron chi connectivity index (χ0n) is 17.2. The average Bonchev–Trinajstić information content (AvgIpc) is 3.06. The molecular weight excluding hydrogens is 398 g/mol. The molecule has 31 heavy (non-hydrogen) atoms. The van der Waals surface area contributed by atoms with Crippen LogP contribution in [0.25, 0.3) is 6.08 Å². The highest BCUT2D eigenvalue weighted by atomic mass is 16.6. The van der Waals surface area contributed by atoms with Crippen molar-refractivity contribution in [1.82, 2.24) is 0 Å². The minimum Gasteiger partial charge on any atom is -0.452 e. The molecule has 1 saturated heterocycles. The number of ether oxygens (including phenoxy) is 1. The van der Waals surface area contributed by atoms with E-state index in [-0.39, 0.29) is 11.4 Å². The number of esters is 1. The molecule has 0 aliphatic carbocycles. The monoisotopic (exact) mass is 423 g/mol. The van der Waals surface area contributed by atoms with Gasteiger partial charge in [-0.2, -0.15) is 0 Å². The van der Waals surface area contributed by atoms with Crippen LogP contribution in [0.3, 0.4) is 0 Å². The molecule has 0 unspecified atom stereocenters. The zero-order chi connectivity index (χ0) is 22.1. The highest BCUT2D eigenvalue weighted by molar-refractivity contribution is 5.96. The number of nitro groups is 1. The van der Waals surface area contributed by atoms with E-state index >= 15 is 0 Å². The van der Waals surface area contributed by atoms with Crippen LogP contribution in [0.4, 0.5) is 17.1 Å². The van der Waals surface area contributed by atoms with Crippen LogP contribution in [0, 0.1) is 10.1 Å². The molecule has 0 bridgehead atoms. The molecule has 1 heterocycles. The number of carbonyl (C=O) groups is 2. The first-order valence-electron chi connectivity index (χ1n) is 10.3. The normalized spacial score (nSPS) is 14.1. The summed E-state index contributed by atoms with van der Waals surface area (Å²) in [6.45, 7) is 1.59. The summed E-state index contributed by atoms with van der Waals surface area (Å²) < 4.78 is 4.92. The van der Waals surface area contributed by atoms with Gasteiger partial charge in [-0.15, -0.1) is 0 Å². The van der Waals surface area contributed by atoms with Crippen LogP contribution < -0.4 is 10.2 Å². The quantitative estimate of drug-likeness (QED) is 0.310. The molecule has 0 aromatic heterocycles. The van der Waals surface area contributed by atoms with Gasteiger partial charge in [-0.3, -0.25) is 14.9 Å². The first-order chi connectivity index (χ1) is 15.0. The van der Waals surface area contributed by atoms with Crippen molar-refractivity contribution in [1.29, 1.82) is 0 Å². The molecular formula is C23H25N3O5. The number of hydrogen-bond donors (Lipinski definition) is 1. The summed E-state index contributed by atoms with van der Waals surface area (Å²) in [6.07, 6.45) is 7.84. The standard InChI is InChI=1S/C23H25N3O5/c27-22(24-20-7-3-4-8-21(20)26(29)30)17-31-23(28)14-11-18-9-12-19(13-10-18)25-15-5-1-2-6-16-25/h3-4,7-14H,1-2,5-6,15-17H2,(H,24,27)/b14-11+. The third-order valence-electron chi connectivity index (χ3n) is 5.00. The molecule has 1 amide bonds. The summed E-state index contributed by atoms with van der Waals surface area (Å²) in [5, 5.41) is 13.3. The highest BCUT2D eigenvalue weighted by Crippen LogP contribution is 2.23. The number of rotatable bonds is 7. The van der Waals surface area contributed by atoms with E-state index in [0.29, 0.717) is 0 Å². The Balaban J connectivity index is 1.48. The van der Waals surface area contributed by atoms with Gasteiger partial charge >= 0.3 is 5.97 Å². The van der Waals surface area contributed by atoms with Crippen molar-refractivity contribution in [3.05, 3.63) is 70.3 Å². The van der Waals surface area contributed by atoms with Crippen LogP contribution in [0.15, 0.2) is 54.6 Å². The van der Waals surface area contributed by atoms with E-state index in [9.17, 15) is 19.7 Å². The molecule has 1 aliphatic heterocycles. The van der Waals surface area contributed by atoms with Gasteiger partial charge in [0.05, 0.1) is 4.92 Å². The maximum Gasteiger partial charge on any atom is 0.331 e. The Morgan fingerprint density at radius 3 is 2.39 bits per heavy atom. The molecule has 0 saturated carbocycles. The number of anilines is 2. The van der Waals surface area contributed by atoms with E-state index in [0.717, 1.165) is 18.7 Å². The second-order valence-corrected chi connectivity index (χ2v) is 7.26. The SMILES string of the molecule is O=C(COC(=O)/C=C/c1ccc(N2CCCCCC2)cc1)Nc1ccccc1[N+](=O)[O-]. The van der Waals surface area contributed by atoms with Gasteiger partial charge in [0.1, 0.15) is 5.69 Å². The predicted molar refractivity (Wildman–Crippen MR) is 119 cm³/mol. The maximum atomic E-state index is 11.9. The minimum atomic E-state index is -0.672. The summed E-state index contributed by atoms with van der Waals surface area (Å²) in [6, 6.07) is 13.7. The number of amides is 1. The summed E-state index contributed by atoms with van der Waals surface area (Å²) in [5.74, 6) is -1.33. The first-order valence-corrected chi connectivity index (χ1v) is 10.3. The lowest BCUT2D eigenvalue weighted by Crippen LogP contribution is -2.23. The second kappa shape index (κ2) is 10.9. The highest BCUT2D eigenvalue weighted by Gasteiger charge is 2.15. The number of para-hydroxylation sites is 2. The molecule has 2 aromatic rings. The molecule has 0 radical (unpaired) electrons. The smallest absolute Gasteiger partial charge is 0.331 e. The number of nitrogens with one attached hydrogen (secondary N) is 1. The number of carbonyl (C=O) groups excluding carboxylic acids is 2. The van der Waals surface area contributed by atoms with Crippen molar-refractivity contribution >= 4 is 35.0 Å². The van der Waals surface area contributed by atoms with Crippen molar-refractivity contribution in [2.45, 2.75) is 25.7 Å². The predicted octanol–water partition coefficient (Wildman–Crippen LogP) is 4.17. The molecule has 8 heteroatoms. The van der Waals surface area contributed by atoms with E-state index in [1.54, 1.807) is 12.1 Å². The number of hydrogen-bond acceptors (Lipinski definition) is 6. The summed E-state index contributed by atoms with van der Waals surface area (Å²) in [7, 11) is 0. The molecule has 8 nitrogen and oxygen atoms in total. The molecule has 2 aromatic carbocycles. The van der Waals surface area contributed by atoms with E-state index in [4.69, 9.17) is 4.74 Å². The van der Waals surface area contributed by atoms with Crippen LogP contribution in [0.1, 0.15) is 31.2 Å². The molecule has 0 atom stereocenters. The Morgan fingerprint density at radius 1 is 1.03 bits per heavy atom. The van der Waals surface area contributed by atoms with Gasteiger partial charge in [-0.1, -0.05) is 37.1 Å². The van der Waals surface area contributed by atoms with Crippen LogP contribution in [-0.2, 0) is 14.3 Å². The Labute approximate surface area is 180 Å². The van der Waals surface area contributed by atoms with Crippen molar-refractivity contribution in [2.24, 2.45) is 0 Å². The van der Waals surface area contributed by atoms with E-state index < -0.39 is 23.4 Å². The lowest BCUT2D eigenvalue weighted by atomic mass is 10.1. The molecule has 3 rings (SSSR count). The van der Waals surface area contributed by atoms with E-state index in [1.165, 1.54) is 55.6 Å². The Hall–Kier alpha value is -3.68. The second-order valence-electron chi connectivity index (χ2n) is 7.26. The molecule has 1 N–H and O–H groups in total. The third-order valence-corrected chi connectivity index (χ3v) is 5.00. The van der Waals surface area contributed by atoms with Crippen molar-refractivity contribution < 1.29 is 19.2 Å². The molecule has 1 fully saturated rings. The topological polar surface area (TPSA) is 102 Å². The van der Waals surface area contributed by atoms with E-state index in [2.05, 4.69) is 10.2 Å². The van der Waals surface area contributed by atoms with Gasteiger partial charge in [0, 0.05) is 30.9 Å². The lowest BCUT2D eigenvalue weighted by Gasteiger charge is -2.22. The number of nitro benzene ring substituents is 1. The summed E-state index contributed by atoms with van der Waals surface area (Å²) >= 11 is 0. The van der Waals surface area contributed by atoms with Gasteiger partial charge in [-0.25, -0.2) is 4.79 Å². The summed E-state index contributed by atoms with van der Waals surface area (Å²) in [5.41, 5.74) is 1.84. The molecule has 0 spiro atoms. The largest absolute Gasteiger partial charge is 0.452 e. The van der Waals surface area contributed by atoms with Gasteiger partial charge in [0.25, 0.3) is 11.6 Å². The van der Waals surface area contributed by atoms with Gasteiger partial charge in [0.15, 0.2) is 6.61 Å². The average molecular weight is 423 g/mol. The van der Waals surface area contributed by atoms with Crippen molar-refractivity contribution in [3.63, 3.8) is 0 Å². The van der Waals surface area contributed by atoms with Crippen LogP contribution >= 0.6 is 0 Å². The van der Waals surface area contributed by atoms with Gasteiger partial charge < -0.3 is 15.0 Å². The Kier molecular flexibility index (Phi) is 7.75. The van der Waals surface area contributed by atoms with Gasteiger partial charge in [-0.05, 0) is 42.7 Å². The number of nitrogens with zero attached hydrogens (tertiary/aromatic N) is 2.